The predicted octanol–water partition coefficient (Wildman–Crippen LogP) is 0.796. The molecule has 2 N–H and O–H groups in total. The van der Waals surface area contributed by atoms with E-state index in [1.165, 1.54) is 22.5 Å². The van der Waals surface area contributed by atoms with Crippen molar-refractivity contribution in [3.63, 3.8) is 0 Å². The maximum atomic E-state index is 12.7. The number of benzene rings is 1. The first kappa shape index (κ1) is 19.7. The summed E-state index contributed by atoms with van der Waals surface area (Å²) in [6.45, 7) is 2.83. The third kappa shape index (κ3) is 4.51. The molecule has 2 rings (SSSR count). The maximum absolute atomic E-state index is 12.7. The number of aromatic hydroxyl groups is 1. The average Bonchev–Trinajstić information content (AvgIpc) is 2.64. The lowest BCUT2D eigenvalue weighted by Gasteiger charge is -2.26. The predicted molar refractivity (Wildman–Crippen MR) is 91.6 cm³/mol. The lowest BCUT2D eigenvalue weighted by atomic mass is 10.2. The number of carbonyl (C=O) groups excluding carboxylic acids is 1. The van der Waals surface area contributed by atoms with Crippen LogP contribution in [-0.2, 0) is 24.3 Å². The minimum absolute atomic E-state index is 0.0252. The summed E-state index contributed by atoms with van der Waals surface area (Å²) < 4.78 is 36.5. The number of phenols is 1. The van der Waals surface area contributed by atoms with Gasteiger partial charge in [0, 0.05) is 19.3 Å². The number of ether oxygens (including phenoxy) is 2. The molecule has 1 aromatic rings. The molecule has 140 valence electrons. The van der Waals surface area contributed by atoms with Crippen molar-refractivity contribution < 1.29 is 27.8 Å². The highest BCUT2D eigenvalue weighted by Crippen LogP contribution is 2.28. The molecule has 0 unspecified atom stereocenters. The van der Waals surface area contributed by atoms with Crippen LogP contribution >= 0.6 is 0 Å². The van der Waals surface area contributed by atoms with Gasteiger partial charge in [-0.3, -0.25) is 0 Å². The molecule has 0 aromatic heterocycles. The number of rotatable bonds is 6. The van der Waals surface area contributed by atoms with Gasteiger partial charge in [-0.2, -0.15) is 9.57 Å². The summed E-state index contributed by atoms with van der Waals surface area (Å²) in [5.74, 6) is -1.05. The Morgan fingerprint density at radius 3 is 2.77 bits per heavy atom. The van der Waals surface area contributed by atoms with Gasteiger partial charge in [0.15, 0.2) is 5.57 Å². The van der Waals surface area contributed by atoms with Gasteiger partial charge in [0.1, 0.15) is 11.8 Å². The van der Waals surface area contributed by atoms with E-state index in [-0.39, 0.29) is 41.6 Å². The molecule has 0 spiro atoms. The van der Waals surface area contributed by atoms with Crippen molar-refractivity contribution in [3.05, 3.63) is 30.0 Å². The second-order valence-corrected chi connectivity index (χ2v) is 7.17. The molecule has 0 saturated carbocycles. The Bertz CT molecular complexity index is 838. The molecule has 0 atom stereocenters. The number of anilines is 1. The topological polar surface area (TPSA) is 129 Å². The molecule has 9 nitrogen and oxygen atoms in total. The molecule has 1 aliphatic heterocycles. The Balaban J connectivity index is 2.27. The molecule has 1 saturated heterocycles. The fourth-order valence-corrected chi connectivity index (χ4v) is 3.66. The number of carbonyl (C=O) groups is 1. The van der Waals surface area contributed by atoms with Crippen molar-refractivity contribution in [2.75, 3.05) is 38.2 Å². The first-order valence-corrected chi connectivity index (χ1v) is 9.29. The molecule has 0 radical (unpaired) electrons. The van der Waals surface area contributed by atoms with Gasteiger partial charge in [-0.15, -0.1) is 0 Å². The molecular weight excluding hydrogens is 362 g/mol. The van der Waals surface area contributed by atoms with Gasteiger partial charge >= 0.3 is 5.97 Å². The van der Waals surface area contributed by atoms with Crippen LogP contribution in [0.5, 0.6) is 5.75 Å². The lowest BCUT2D eigenvalue weighted by molar-refractivity contribution is -0.138. The smallest absolute Gasteiger partial charge is 0.350 e. The van der Waals surface area contributed by atoms with E-state index in [1.54, 1.807) is 13.0 Å². The van der Waals surface area contributed by atoms with Crippen molar-refractivity contribution in [1.82, 2.24) is 4.31 Å². The lowest BCUT2D eigenvalue weighted by Crippen LogP contribution is -2.40. The molecule has 1 aromatic carbocycles. The van der Waals surface area contributed by atoms with E-state index in [9.17, 15) is 18.3 Å². The van der Waals surface area contributed by atoms with Crippen LogP contribution in [0, 0.1) is 11.3 Å². The number of nitriles is 1. The summed E-state index contributed by atoms with van der Waals surface area (Å²) >= 11 is 0. The summed E-state index contributed by atoms with van der Waals surface area (Å²) in [4.78, 5) is 11.6. The van der Waals surface area contributed by atoms with E-state index in [2.05, 4.69) is 5.32 Å². The highest BCUT2D eigenvalue weighted by molar-refractivity contribution is 7.89. The summed E-state index contributed by atoms with van der Waals surface area (Å²) in [7, 11) is -3.75. The van der Waals surface area contributed by atoms with Crippen LogP contribution in [0.25, 0.3) is 0 Å². The number of morpholine rings is 1. The highest BCUT2D eigenvalue weighted by atomic mass is 32.2. The van der Waals surface area contributed by atoms with Crippen LogP contribution in [0.4, 0.5) is 5.69 Å². The minimum Gasteiger partial charge on any atom is -0.506 e. The van der Waals surface area contributed by atoms with Gasteiger partial charge < -0.3 is 19.9 Å². The summed E-state index contributed by atoms with van der Waals surface area (Å²) in [6, 6.07) is 5.41. The second-order valence-electron chi connectivity index (χ2n) is 5.23. The number of nitrogens with one attached hydrogen (secondary N) is 1. The van der Waals surface area contributed by atoms with Crippen LogP contribution < -0.4 is 5.32 Å². The first-order chi connectivity index (χ1) is 12.4. The number of phenolic OH excluding ortho intramolecular Hbond substituents is 1. The molecule has 0 aliphatic carbocycles. The Morgan fingerprint density at radius 2 is 2.15 bits per heavy atom. The third-order valence-corrected chi connectivity index (χ3v) is 5.46. The summed E-state index contributed by atoms with van der Waals surface area (Å²) in [6.07, 6.45) is 1.05. The highest BCUT2D eigenvalue weighted by Gasteiger charge is 2.27. The van der Waals surface area contributed by atoms with E-state index >= 15 is 0 Å². The van der Waals surface area contributed by atoms with Gasteiger partial charge in [0.25, 0.3) is 0 Å². The van der Waals surface area contributed by atoms with Gasteiger partial charge in [0.05, 0.1) is 30.4 Å². The zero-order valence-electron chi connectivity index (χ0n) is 14.1. The van der Waals surface area contributed by atoms with Gasteiger partial charge in [-0.1, -0.05) is 0 Å². The molecule has 26 heavy (non-hydrogen) atoms. The van der Waals surface area contributed by atoms with Crippen molar-refractivity contribution in [2.45, 2.75) is 11.8 Å². The molecular formula is C16H19N3O6S. The molecule has 1 aliphatic rings. The summed E-state index contributed by atoms with van der Waals surface area (Å²) in [5.41, 5.74) is -0.274. The van der Waals surface area contributed by atoms with Crippen molar-refractivity contribution in [1.29, 1.82) is 5.26 Å². The van der Waals surface area contributed by atoms with Crippen LogP contribution in [0.15, 0.2) is 34.9 Å². The first-order valence-electron chi connectivity index (χ1n) is 7.85. The van der Waals surface area contributed by atoms with E-state index in [0.717, 1.165) is 6.20 Å². The largest absolute Gasteiger partial charge is 0.506 e. The fourth-order valence-electron chi connectivity index (χ4n) is 2.22. The monoisotopic (exact) mass is 381 g/mol. The van der Waals surface area contributed by atoms with Crippen LogP contribution in [0.1, 0.15) is 6.92 Å². The molecule has 1 heterocycles. The van der Waals surface area contributed by atoms with Crippen LogP contribution in [0.3, 0.4) is 0 Å². The number of hydrogen-bond donors (Lipinski definition) is 2. The van der Waals surface area contributed by atoms with Gasteiger partial charge in [-0.05, 0) is 25.1 Å². The van der Waals surface area contributed by atoms with Crippen LogP contribution in [-0.4, -0.2) is 56.7 Å². The number of nitrogens with zero attached hydrogens (tertiary/aromatic N) is 2. The Labute approximate surface area is 151 Å². The van der Waals surface area contributed by atoms with Crippen LogP contribution in [0.2, 0.25) is 0 Å². The maximum Gasteiger partial charge on any atom is 0.350 e. The third-order valence-electron chi connectivity index (χ3n) is 3.56. The van der Waals surface area contributed by atoms with Gasteiger partial charge in [-0.25, -0.2) is 13.2 Å². The Kier molecular flexibility index (Phi) is 6.57. The quantitative estimate of drug-likeness (QED) is 0.320. The summed E-state index contributed by atoms with van der Waals surface area (Å²) in [5, 5.41) is 21.5. The second kappa shape index (κ2) is 8.66. The van der Waals surface area contributed by atoms with E-state index in [1.807, 2.05) is 0 Å². The zero-order chi connectivity index (χ0) is 19.2. The fraction of sp³-hybridized carbons (Fsp3) is 0.375. The minimum atomic E-state index is -3.75. The van der Waals surface area contributed by atoms with Crippen molar-refractivity contribution >= 4 is 21.7 Å². The van der Waals surface area contributed by atoms with Crippen molar-refractivity contribution in [2.24, 2.45) is 0 Å². The Hall–Kier alpha value is -2.61. The normalized spacial score (nSPS) is 15.9. The van der Waals surface area contributed by atoms with Gasteiger partial charge in [0.2, 0.25) is 10.0 Å². The molecule has 10 heteroatoms. The Morgan fingerprint density at radius 1 is 1.46 bits per heavy atom. The molecule has 0 amide bonds. The van der Waals surface area contributed by atoms with E-state index in [0.29, 0.717) is 13.2 Å². The zero-order valence-corrected chi connectivity index (χ0v) is 15.0. The van der Waals surface area contributed by atoms with E-state index in [4.69, 9.17) is 14.7 Å². The van der Waals surface area contributed by atoms with E-state index < -0.39 is 16.0 Å². The number of esters is 1. The standard InChI is InChI=1S/C16H19N3O6S/c1-2-25-16(21)12(10-17)11-18-14-9-13(3-4-15(14)20)26(22,23)19-5-7-24-8-6-19/h3-4,9,11,18,20H,2,5-8H2,1H3/b12-11+. The molecule has 0 bridgehead atoms. The average molecular weight is 381 g/mol. The SMILES string of the molecule is CCOC(=O)/C(C#N)=C/Nc1cc(S(=O)(=O)N2CCOCC2)ccc1O. The number of sulfonamides is 1. The number of hydrogen-bond acceptors (Lipinski definition) is 8. The van der Waals surface area contributed by atoms with Crippen molar-refractivity contribution in [3.8, 4) is 11.8 Å². The molecule has 1 fully saturated rings.